The van der Waals surface area contributed by atoms with E-state index in [-0.39, 0.29) is 23.5 Å². The van der Waals surface area contributed by atoms with E-state index in [0.717, 1.165) is 16.9 Å². The molecule has 3 heterocycles. The molecular weight excluding hydrogens is 441 g/mol. The van der Waals surface area contributed by atoms with Gasteiger partial charge < -0.3 is 19.7 Å². The van der Waals surface area contributed by atoms with Crippen molar-refractivity contribution in [1.29, 1.82) is 0 Å². The number of nitrogens with one attached hydrogen (secondary N) is 1. The average molecular weight is 460 g/mol. The van der Waals surface area contributed by atoms with E-state index >= 15 is 0 Å². The lowest BCUT2D eigenvalue weighted by Gasteiger charge is -2.26. The van der Waals surface area contributed by atoms with E-state index < -0.39 is 5.97 Å². The van der Waals surface area contributed by atoms with Crippen LogP contribution in [0.15, 0.2) is 89.5 Å². The van der Waals surface area contributed by atoms with Crippen LogP contribution in [0.1, 0.15) is 33.9 Å². The minimum atomic E-state index is -0.986. The number of rotatable bonds is 5. The quantitative estimate of drug-likeness (QED) is 0.389. The summed E-state index contributed by atoms with van der Waals surface area (Å²) in [5.41, 5.74) is 2.47. The molecule has 0 amide bonds. The Morgan fingerprint density at radius 1 is 1.03 bits per heavy atom. The van der Waals surface area contributed by atoms with Crippen LogP contribution in [0.4, 0.5) is 10.1 Å². The minimum Gasteiger partial charge on any atom is -0.478 e. The van der Waals surface area contributed by atoms with Gasteiger partial charge >= 0.3 is 5.97 Å². The third-order valence-electron chi connectivity index (χ3n) is 5.54. The van der Waals surface area contributed by atoms with Gasteiger partial charge in [-0.1, -0.05) is 18.2 Å². The highest BCUT2D eigenvalue weighted by atomic mass is 32.1. The summed E-state index contributed by atoms with van der Waals surface area (Å²) in [6.07, 6.45) is 1.72. The van der Waals surface area contributed by atoms with Gasteiger partial charge in [0.1, 0.15) is 23.4 Å². The second-order valence-corrected chi connectivity index (χ2v) is 7.94. The summed E-state index contributed by atoms with van der Waals surface area (Å²) in [5.74, 6) is -0.0849. The van der Waals surface area contributed by atoms with Crippen molar-refractivity contribution in [2.45, 2.75) is 12.1 Å². The number of anilines is 1. The first-order valence-corrected chi connectivity index (χ1v) is 10.6. The Morgan fingerprint density at radius 2 is 1.79 bits per heavy atom. The molecular formula is C25H18FN3O3S. The molecule has 164 valence electrons. The van der Waals surface area contributed by atoms with E-state index in [2.05, 4.69) is 10.3 Å². The number of halogens is 1. The van der Waals surface area contributed by atoms with Gasteiger partial charge in [-0.15, -0.1) is 0 Å². The first-order valence-electron chi connectivity index (χ1n) is 10.2. The van der Waals surface area contributed by atoms with Crippen molar-refractivity contribution >= 4 is 29.0 Å². The lowest BCUT2D eigenvalue weighted by atomic mass is 10.0. The highest BCUT2D eigenvalue weighted by Crippen LogP contribution is 2.42. The fourth-order valence-electron chi connectivity index (χ4n) is 3.97. The molecule has 5 rings (SSSR count). The molecule has 1 aliphatic rings. The molecule has 2 N–H and O–H groups in total. The van der Waals surface area contributed by atoms with Crippen molar-refractivity contribution in [1.82, 2.24) is 10.3 Å². The second-order valence-electron chi connectivity index (χ2n) is 7.56. The molecule has 0 radical (unpaired) electrons. The van der Waals surface area contributed by atoms with Crippen LogP contribution in [0.25, 0.3) is 11.3 Å². The van der Waals surface area contributed by atoms with E-state index in [9.17, 15) is 9.18 Å². The fourth-order valence-corrected chi connectivity index (χ4v) is 4.31. The zero-order valence-corrected chi connectivity index (χ0v) is 18.0. The number of nitrogens with zero attached hydrogens (tertiary/aromatic N) is 2. The molecule has 0 aliphatic carbocycles. The number of furan rings is 1. The largest absolute Gasteiger partial charge is 0.478 e. The maximum absolute atomic E-state index is 13.6. The highest BCUT2D eigenvalue weighted by molar-refractivity contribution is 7.80. The molecule has 8 heteroatoms. The molecule has 0 unspecified atom stereocenters. The van der Waals surface area contributed by atoms with Crippen molar-refractivity contribution < 1.29 is 18.7 Å². The number of carbonyl (C=O) groups is 1. The van der Waals surface area contributed by atoms with Gasteiger partial charge in [0.2, 0.25) is 0 Å². The number of hydrogen-bond acceptors (Lipinski definition) is 4. The zero-order chi connectivity index (χ0) is 22.9. The summed E-state index contributed by atoms with van der Waals surface area (Å²) in [4.78, 5) is 17.5. The standard InChI is InChI=1S/C25H18FN3O3S/c26-17-8-10-18(11-9-17)29-23(22(28-25(29)33)19-3-1-2-14-27-19)21-13-12-20(32-21)15-4-6-16(7-5-15)24(30)31/h1-14,22-23H,(H,28,33)(H,30,31)/t22-,23+/m1/s1. The van der Waals surface area contributed by atoms with Gasteiger partial charge in [0.05, 0.1) is 17.3 Å². The van der Waals surface area contributed by atoms with Crippen molar-refractivity contribution in [3.05, 3.63) is 108 Å². The number of carboxylic acids is 1. The molecule has 2 aromatic heterocycles. The molecule has 1 aliphatic heterocycles. The molecule has 0 spiro atoms. The molecule has 6 nitrogen and oxygen atoms in total. The summed E-state index contributed by atoms with van der Waals surface area (Å²) in [6.45, 7) is 0. The van der Waals surface area contributed by atoms with Crippen LogP contribution in [0.3, 0.4) is 0 Å². The minimum absolute atomic E-state index is 0.202. The first kappa shape index (κ1) is 20.8. The summed E-state index contributed by atoms with van der Waals surface area (Å²) < 4.78 is 19.8. The van der Waals surface area contributed by atoms with Crippen molar-refractivity contribution in [2.75, 3.05) is 4.90 Å². The molecule has 1 fully saturated rings. The van der Waals surface area contributed by atoms with Gasteiger partial charge in [0.25, 0.3) is 0 Å². The van der Waals surface area contributed by atoms with Crippen LogP contribution in [0, 0.1) is 5.82 Å². The molecule has 2 aromatic carbocycles. The highest BCUT2D eigenvalue weighted by Gasteiger charge is 2.42. The molecule has 1 saturated heterocycles. The molecule has 4 aromatic rings. The number of thiocarbonyl (C=S) groups is 1. The molecule has 2 atom stereocenters. The van der Waals surface area contributed by atoms with Gasteiger partial charge in [0.15, 0.2) is 5.11 Å². The number of aromatic nitrogens is 1. The number of aromatic carboxylic acids is 1. The average Bonchev–Trinajstić information content (AvgIpc) is 3.45. The van der Waals surface area contributed by atoms with Crippen LogP contribution in [0.2, 0.25) is 0 Å². The summed E-state index contributed by atoms with van der Waals surface area (Å²) >= 11 is 5.64. The van der Waals surface area contributed by atoms with Gasteiger partial charge in [-0.2, -0.15) is 0 Å². The zero-order valence-electron chi connectivity index (χ0n) is 17.2. The van der Waals surface area contributed by atoms with Crippen LogP contribution >= 0.6 is 12.2 Å². The van der Waals surface area contributed by atoms with Crippen LogP contribution < -0.4 is 10.2 Å². The molecule has 0 bridgehead atoms. The predicted molar refractivity (Wildman–Crippen MR) is 125 cm³/mol. The normalized spacial score (nSPS) is 17.7. The maximum atomic E-state index is 13.6. The lowest BCUT2D eigenvalue weighted by molar-refractivity contribution is 0.0697. The monoisotopic (exact) mass is 459 g/mol. The van der Waals surface area contributed by atoms with Gasteiger partial charge in [-0.05, 0) is 72.9 Å². The Morgan fingerprint density at radius 3 is 2.45 bits per heavy atom. The van der Waals surface area contributed by atoms with Crippen molar-refractivity contribution in [3.8, 4) is 11.3 Å². The maximum Gasteiger partial charge on any atom is 0.335 e. The van der Waals surface area contributed by atoms with Gasteiger partial charge in [0, 0.05) is 17.4 Å². The Labute approximate surface area is 194 Å². The molecule has 33 heavy (non-hydrogen) atoms. The van der Waals surface area contributed by atoms with Crippen LogP contribution in [-0.4, -0.2) is 21.2 Å². The van der Waals surface area contributed by atoms with Crippen molar-refractivity contribution in [2.24, 2.45) is 0 Å². The van der Waals surface area contributed by atoms with Gasteiger partial charge in [-0.25, -0.2) is 9.18 Å². The number of hydrogen-bond donors (Lipinski definition) is 2. The van der Waals surface area contributed by atoms with Crippen LogP contribution in [0.5, 0.6) is 0 Å². The Balaban J connectivity index is 1.56. The second kappa shape index (κ2) is 8.48. The SMILES string of the molecule is O=C(O)c1ccc(-c2ccc([C@H]3[C@@H](c4ccccn4)NC(=S)N3c3ccc(F)cc3)o2)cc1. The Hall–Kier alpha value is -4.04. The van der Waals surface area contributed by atoms with E-state index in [1.54, 1.807) is 30.5 Å². The van der Waals surface area contributed by atoms with Crippen LogP contribution in [-0.2, 0) is 0 Å². The number of pyridine rings is 1. The number of carboxylic acid groups (broad SMARTS) is 1. The predicted octanol–water partition coefficient (Wildman–Crippen LogP) is 5.36. The summed E-state index contributed by atoms with van der Waals surface area (Å²) in [6, 6.07) is 21.3. The summed E-state index contributed by atoms with van der Waals surface area (Å²) in [5, 5.41) is 12.9. The third-order valence-corrected chi connectivity index (χ3v) is 5.85. The van der Waals surface area contributed by atoms with Gasteiger partial charge in [-0.3, -0.25) is 4.98 Å². The first-order chi connectivity index (χ1) is 16.0. The Kier molecular flexibility index (Phi) is 5.35. The topological polar surface area (TPSA) is 78.6 Å². The smallest absolute Gasteiger partial charge is 0.335 e. The van der Waals surface area contributed by atoms with E-state index in [1.165, 1.54) is 24.3 Å². The van der Waals surface area contributed by atoms with E-state index in [0.29, 0.717) is 16.6 Å². The fraction of sp³-hybridized carbons (Fsp3) is 0.0800. The van der Waals surface area contributed by atoms with Crippen molar-refractivity contribution in [3.63, 3.8) is 0 Å². The Bertz CT molecular complexity index is 1310. The number of benzene rings is 2. The third kappa shape index (κ3) is 3.96. The van der Waals surface area contributed by atoms with E-state index in [4.69, 9.17) is 21.7 Å². The lowest BCUT2D eigenvalue weighted by Crippen LogP contribution is -2.29. The molecule has 0 saturated carbocycles. The summed E-state index contributed by atoms with van der Waals surface area (Å²) in [7, 11) is 0. The van der Waals surface area contributed by atoms with E-state index in [1.807, 2.05) is 35.2 Å².